The first-order chi connectivity index (χ1) is 14.4. The zero-order chi connectivity index (χ0) is 21.5. The molecule has 1 saturated heterocycles. The van der Waals surface area contributed by atoms with Crippen LogP contribution in [0.2, 0.25) is 0 Å². The van der Waals surface area contributed by atoms with Crippen LogP contribution in [0.4, 0.5) is 5.69 Å². The predicted molar refractivity (Wildman–Crippen MR) is 122 cm³/mol. The van der Waals surface area contributed by atoms with Crippen molar-refractivity contribution in [3.8, 4) is 11.5 Å². The monoisotopic (exact) mass is 490 g/mol. The lowest BCUT2D eigenvalue weighted by atomic mass is 9.79. The molecule has 8 heteroatoms. The summed E-state index contributed by atoms with van der Waals surface area (Å²) in [5.41, 5.74) is 0.605. The molecule has 158 valence electrons. The van der Waals surface area contributed by atoms with E-state index >= 15 is 0 Å². The van der Waals surface area contributed by atoms with Crippen molar-refractivity contribution in [1.82, 2.24) is 5.32 Å². The molecule has 4 rings (SSSR count). The third-order valence-corrected chi connectivity index (χ3v) is 6.20. The molecule has 0 spiro atoms. The molecule has 1 N–H and O–H groups in total. The van der Waals surface area contributed by atoms with Crippen molar-refractivity contribution in [2.75, 3.05) is 18.1 Å². The Morgan fingerprint density at radius 2 is 1.97 bits per heavy atom. The Hall–Kier alpha value is -2.32. The molecule has 0 unspecified atom stereocenters. The Morgan fingerprint density at radius 1 is 1.23 bits per heavy atom. The van der Waals surface area contributed by atoms with Gasteiger partial charge in [-0.1, -0.05) is 15.9 Å². The van der Waals surface area contributed by atoms with E-state index in [0.717, 1.165) is 21.5 Å². The predicted octanol–water partition coefficient (Wildman–Crippen LogP) is 4.57. The second-order valence-electron chi connectivity index (χ2n) is 7.26. The van der Waals surface area contributed by atoms with Gasteiger partial charge in [-0.25, -0.2) is 0 Å². The molecule has 2 aromatic rings. The zero-order valence-corrected chi connectivity index (χ0v) is 19.4. The largest absolute Gasteiger partial charge is 0.494 e. The van der Waals surface area contributed by atoms with Crippen LogP contribution in [0.1, 0.15) is 32.4 Å². The number of carbonyl (C=O) groups excluding carboxylic acids is 1. The zero-order valence-electron chi connectivity index (χ0n) is 17.0. The molecule has 2 aliphatic heterocycles. The standard InChI is InChI=1S/C22H23BrN2O4S/c1-4-27-15-9-7-14(8-10-15)25-21(30)24-19-16-12-13(23)6-11-17(16)29-22(25,3)18(19)20(26)28-5-2/h6-12,18-19H,4-5H2,1-3H3,(H,24,30)/t18-,19-,22+/m0/s1. The van der Waals surface area contributed by atoms with E-state index in [1.807, 2.05) is 61.2 Å². The maximum atomic E-state index is 13.1. The molecule has 0 radical (unpaired) electrons. The number of nitrogens with one attached hydrogen (secondary N) is 1. The number of nitrogens with zero attached hydrogens (tertiary/aromatic N) is 1. The number of hydrogen-bond donors (Lipinski definition) is 1. The van der Waals surface area contributed by atoms with Crippen molar-refractivity contribution in [2.45, 2.75) is 32.5 Å². The first-order valence-corrected chi connectivity index (χ1v) is 11.1. The summed E-state index contributed by atoms with van der Waals surface area (Å²) in [5, 5.41) is 3.84. The number of ether oxygens (including phenoxy) is 3. The van der Waals surface area contributed by atoms with Gasteiger partial charge in [0.1, 0.15) is 17.4 Å². The molecule has 2 aromatic carbocycles. The minimum Gasteiger partial charge on any atom is -0.494 e. The molecule has 0 amide bonds. The lowest BCUT2D eigenvalue weighted by Crippen LogP contribution is -2.71. The van der Waals surface area contributed by atoms with Gasteiger partial charge in [0.2, 0.25) is 5.72 Å². The quantitative estimate of drug-likeness (QED) is 0.486. The molecule has 6 nitrogen and oxygen atoms in total. The highest BCUT2D eigenvalue weighted by atomic mass is 79.9. The maximum Gasteiger partial charge on any atom is 0.317 e. The highest BCUT2D eigenvalue weighted by Gasteiger charge is 2.59. The SMILES string of the molecule is CCOC(=O)[C@@H]1[C@H]2NC(=S)N(c3ccc(OCC)cc3)[C@]1(C)Oc1ccc(Br)cc12. The Labute approximate surface area is 189 Å². The first-order valence-electron chi connectivity index (χ1n) is 9.87. The molecule has 2 heterocycles. The van der Waals surface area contributed by atoms with Gasteiger partial charge in [0.25, 0.3) is 0 Å². The van der Waals surface area contributed by atoms with Crippen LogP contribution in [0.25, 0.3) is 0 Å². The number of fused-ring (bicyclic) bond motifs is 4. The van der Waals surface area contributed by atoms with E-state index in [-0.39, 0.29) is 18.6 Å². The molecule has 3 atom stereocenters. The van der Waals surface area contributed by atoms with Gasteiger partial charge in [-0.15, -0.1) is 0 Å². The molecule has 2 bridgehead atoms. The van der Waals surface area contributed by atoms with Crippen LogP contribution in [-0.2, 0) is 9.53 Å². The number of benzene rings is 2. The molecular formula is C22H23BrN2O4S. The fourth-order valence-electron chi connectivity index (χ4n) is 4.19. The molecular weight excluding hydrogens is 468 g/mol. The summed E-state index contributed by atoms with van der Waals surface area (Å²) in [7, 11) is 0. The Morgan fingerprint density at radius 3 is 2.63 bits per heavy atom. The number of hydrogen-bond acceptors (Lipinski definition) is 5. The maximum absolute atomic E-state index is 13.1. The van der Waals surface area contributed by atoms with Crippen LogP contribution in [0.15, 0.2) is 46.9 Å². The van der Waals surface area contributed by atoms with Crippen molar-refractivity contribution in [2.24, 2.45) is 5.92 Å². The van der Waals surface area contributed by atoms with E-state index in [2.05, 4.69) is 21.2 Å². The number of halogens is 1. The number of carbonyl (C=O) groups is 1. The van der Waals surface area contributed by atoms with Gasteiger partial charge in [-0.05, 0) is 75.5 Å². The van der Waals surface area contributed by atoms with Gasteiger partial charge in [0, 0.05) is 15.7 Å². The summed E-state index contributed by atoms with van der Waals surface area (Å²) in [4.78, 5) is 14.9. The third kappa shape index (κ3) is 3.41. The summed E-state index contributed by atoms with van der Waals surface area (Å²) in [6.07, 6.45) is 0. The minimum atomic E-state index is -1.06. The molecule has 1 fully saturated rings. The van der Waals surface area contributed by atoms with Crippen molar-refractivity contribution < 1.29 is 19.0 Å². The smallest absolute Gasteiger partial charge is 0.317 e. The van der Waals surface area contributed by atoms with Gasteiger partial charge in [-0.2, -0.15) is 0 Å². The number of rotatable bonds is 5. The van der Waals surface area contributed by atoms with Gasteiger partial charge in [-0.3, -0.25) is 9.69 Å². The summed E-state index contributed by atoms with van der Waals surface area (Å²) >= 11 is 9.24. The lowest BCUT2D eigenvalue weighted by Gasteiger charge is -2.55. The Balaban J connectivity index is 1.83. The van der Waals surface area contributed by atoms with Crippen LogP contribution in [-0.4, -0.2) is 30.0 Å². The van der Waals surface area contributed by atoms with Crippen LogP contribution in [0.3, 0.4) is 0 Å². The fourth-order valence-corrected chi connectivity index (χ4v) is 4.99. The number of thiocarbonyl (C=S) groups is 1. The van der Waals surface area contributed by atoms with Crippen LogP contribution in [0.5, 0.6) is 11.5 Å². The highest BCUT2D eigenvalue weighted by molar-refractivity contribution is 9.10. The molecule has 2 aliphatic rings. The van der Waals surface area contributed by atoms with E-state index in [1.54, 1.807) is 6.92 Å². The second kappa shape index (κ2) is 8.07. The van der Waals surface area contributed by atoms with Crippen LogP contribution in [0, 0.1) is 5.92 Å². The van der Waals surface area contributed by atoms with Crippen molar-refractivity contribution in [3.63, 3.8) is 0 Å². The van der Waals surface area contributed by atoms with Crippen molar-refractivity contribution >= 4 is 44.9 Å². The summed E-state index contributed by atoms with van der Waals surface area (Å²) in [6, 6.07) is 13.0. The number of anilines is 1. The first kappa shape index (κ1) is 20.9. The average Bonchev–Trinajstić information content (AvgIpc) is 2.70. The summed E-state index contributed by atoms with van der Waals surface area (Å²) < 4.78 is 18.4. The van der Waals surface area contributed by atoms with Gasteiger partial charge >= 0.3 is 5.97 Å². The van der Waals surface area contributed by atoms with Crippen LogP contribution < -0.4 is 19.7 Å². The van der Waals surface area contributed by atoms with E-state index in [9.17, 15) is 4.79 Å². The Bertz CT molecular complexity index is 984. The summed E-state index contributed by atoms with van der Waals surface area (Å²) in [5.74, 6) is 0.512. The van der Waals surface area contributed by atoms with E-state index in [1.165, 1.54) is 0 Å². The molecule has 0 saturated carbocycles. The van der Waals surface area contributed by atoms with Gasteiger partial charge in [0.15, 0.2) is 5.11 Å². The van der Waals surface area contributed by atoms with Crippen LogP contribution >= 0.6 is 28.1 Å². The number of esters is 1. The van der Waals surface area contributed by atoms with Gasteiger partial charge in [0.05, 0.1) is 19.3 Å². The fraction of sp³-hybridized carbons (Fsp3) is 0.364. The van der Waals surface area contributed by atoms with Gasteiger partial charge < -0.3 is 19.5 Å². The van der Waals surface area contributed by atoms with E-state index in [4.69, 9.17) is 26.4 Å². The normalized spacial score (nSPS) is 24.4. The minimum absolute atomic E-state index is 0.289. The highest BCUT2D eigenvalue weighted by Crippen LogP contribution is 2.50. The molecule has 0 aliphatic carbocycles. The Kier molecular flexibility index (Phi) is 5.63. The van der Waals surface area contributed by atoms with Crippen molar-refractivity contribution in [1.29, 1.82) is 0 Å². The molecule has 30 heavy (non-hydrogen) atoms. The topological polar surface area (TPSA) is 60.0 Å². The second-order valence-corrected chi connectivity index (χ2v) is 8.56. The van der Waals surface area contributed by atoms with E-state index in [0.29, 0.717) is 17.5 Å². The average molecular weight is 491 g/mol. The summed E-state index contributed by atoms with van der Waals surface area (Å²) in [6.45, 7) is 6.50. The molecule has 0 aromatic heterocycles. The lowest BCUT2D eigenvalue weighted by molar-refractivity contribution is -0.159. The third-order valence-electron chi connectivity index (χ3n) is 5.41. The van der Waals surface area contributed by atoms with Crippen molar-refractivity contribution in [3.05, 3.63) is 52.5 Å². The van der Waals surface area contributed by atoms with E-state index < -0.39 is 11.6 Å².